The van der Waals surface area contributed by atoms with Crippen molar-refractivity contribution in [2.45, 2.75) is 6.92 Å². The monoisotopic (exact) mass is 322 g/mol. The highest BCUT2D eigenvalue weighted by Gasteiger charge is 2.17. The average Bonchev–Trinajstić information content (AvgIpc) is 2.42. The fourth-order valence-corrected chi connectivity index (χ4v) is 2.22. The zero-order valence-electron chi connectivity index (χ0n) is 10.8. The van der Waals surface area contributed by atoms with Crippen LogP contribution in [0.2, 0.25) is 10.0 Å². The normalized spacial score (nSPS) is 10.0. The Morgan fingerprint density at radius 2 is 1.86 bits per heavy atom. The average molecular weight is 323 g/mol. The van der Waals surface area contributed by atoms with Crippen molar-refractivity contribution < 1.29 is 9.66 Å². The summed E-state index contributed by atoms with van der Waals surface area (Å²) >= 11 is 11.9. The van der Waals surface area contributed by atoms with Crippen LogP contribution >= 0.6 is 23.2 Å². The first kappa shape index (κ1) is 15.1. The summed E-state index contributed by atoms with van der Waals surface area (Å²) in [5.74, 6) is 0.362. The number of nitro groups is 1. The van der Waals surface area contributed by atoms with E-state index in [1.807, 2.05) is 13.0 Å². The maximum Gasteiger partial charge on any atom is 0.272 e. The molecule has 0 saturated heterocycles. The topological polar surface area (TPSA) is 76.2 Å². The van der Waals surface area contributed by atoms with Gasteiger partial charge in [-0.15, -0.1) is 0 Å². The summed E-state index contributed by atoms with van der Waals surface area (Å²) in [6.07, 6.45) is 0. The number of benzene rings is 2. The molecule has 0 unspecified atom stereocenters. The van der Waals surface area contributed by atoms with Gasteiger partial charge >= 0.3 is 0 Å². The lowest BCUT2D eigenvalue weighted by molar-refractivity contribution is -0.384. The second-order valence-corrected chi connectivity index (χ2v) is 5.02. The summed E-state index contributed by atoms with van der Waals surface area (Å²) in [6, 6.07) is 9.32. The van der Waals surface area contributed by atoms with Gasteiger partial charge in [-0.25, -0.2) is 0 Å². The second kappa shape index (κ2) is 6.00. The second-order valence-electron chi connectivity index (χ2n) is 4.21. The van der Waals surface area contributed by atoms with Gasteiger partial charge in [0.25, 0.3) is 5.69 Å². The Labute approximate surface area is 130 Å². The van der Waals surface area contributed by atoms with Crippen LogP contribution in [-0.4, -0.2) is 4.92 Å². The minimum Gasteiger partial charge on any atom is -0.453 e. The van der Waals surface area contributed by atoms with Crippen molar-refractivity contribution in [3.63, 3.8) is 0 Å². The molecule has 2 aromatic rings. The SMILES string of the molecule is Cc1ccc(C#N)c(Oc2c(Cl)cc([N+](=O)[O-])cc2Cl)c1. The molecule has 5 nitrogen and oxygen atoms in total. The minimum absolute atomic E-state index is 0.000374. The third-order valence-electron chi connectivity index (χ3n) is 2.66. The zero-order chi connectivity index (χ0) is 15.6. The van der Waals surface area contributed by atoms with Crippen molar-refractivity contribution in [1.82, 2.24) is 0 Å². The molecule has 0 fully saturated rings. The molecule has 2 aromatic carbocycles. The highest BCUT2D eigenvalue weighted by Crippen LogP contribution is 2.40. The molecular weight excluding hydrogens is 315 g/mol. The first-order valence-electron chi connectivity index (χ1n) is 5.74. The van der Waals surface area contributed by atoms with E-state index in [4.69, 9.17) is 33.2 Å². The highest BCUT2D eigenvalue weighted by atomic mass is 35.5. The predicted octanol–water partition coefficient (Wildman–Crippen LogP) is 4.87. The van der Waals surface area contributed by atoms with E-state index in [1.54, 1.807) is 18.2 Å². The van der Waals surface area contributed by atoms with E-state index in [2.05, 4.69) is 0 Å². The molecule has 2 rings (SSSR count). The Bertz CT molecular complexity index is 746. The van der Waals surface area contributed by atoms with E-state index in [9.17, 15) is 10.1 Å². The van der Waals surface area contributed by atoms with Crippen molar-refractivity contribution in [2.24, 2.45) is 0 Å². The number of aryl methyl sites for hydroxylation is 1. The van der Waals surface area contributed by atoms with Gasteiger partial charge in [-0.3, -0.25) is 10.1 Å². The Morgan fingerprint density at radius 1 is 1.24 bits per heavy atom. The van der Waals surface area contributed by atoms with Crippen molar-refractivity contribution in [3.8, 4) is 17.6 Å². The number of ether oxygens (including phenoxy) is 1. The van der Waals surface area contributed by atoms with Gasteiger partial charge in [0, 0.05) is 12.1 Å². The minimum atomic E-state index is -0.602. The van der Waals surface area contributed by atoms with Crippen LogP contribution in [0.3, 0.4) is 0 Å². The fraction of sp³-hybridized carbons (Fsp3) is 0.0714. The van der Waals surface area contributed by atoms with Gasteiger partial charge in [0.15, 0.2) is 5.75 Å². The third kappa shape index (κ3) is 3.24. The van der Waals surface area contributed by atoms with Crippen LogP contribution in [0.4, 0.5) is 5.69 Å². The van der Waals surface area contributed by atoms with E-state index in [0.717, 1.165) is 17.7 Å². The maximum absolute atomic E-state index is 10.7. The quantitative estimate of drug-likeness (QED) is 0.596. The molecule has 0 bridgehead atoms. The lowest BCUT2D eigenvalue weighted by Crippen LogP contribution is -1.93. The van der Waals surface area contributed by atoms with Gasteiger partial charge in [0.05, 0.1) is 20.5 Å². The molecule has 0 aliphatic rings. The molecular formula is C14H8Cl2N2O3. The van der Waals surface area contributed by atoms with Gasteiger partial charge in [0.1, 0.15) is 11.8 Å². The Balaban J connectivity index is 2.48. The lowest BCUT2D eigenvalue weighted by Gasteiger charge is -2.11. The van der Waals surface area contributed by atoms with Crippen LogP contribution in [0.15, 0.2) is 30.3 Å². The molecule has 0 aliphatic carbocycles. The Morgan fingerprint density at radius 3 is 2.38 bits per heavy atom. The van der Waals surface area contributed by atoms with Gasteiger partial charge in [-0.1, -0.05) is 29.3 Å². The van der Waals surface area contributed by atoms with Crippen LogP contribution in [0, 0.1) is 28.4 Å². The molecule has 0 amide bonds. The van der Waals surface area contributed by atoms with Crippen LogP contribution in [0.1, 0.15) is 11.1 Å². The molecule has 0 aromatic heterocycles. The number of nitrogens with zero attached hydrogens (tertiary/aromatic N) is 2. The van der Waals surface area contributed by atoms with Gasteiger partial charge in [-0.2, -0.15) is 5.26 Å². The molecule has 0 spiro atoms. The summed E-state index contributed by atoms with van der Waals surface area (Å²) < 4.78 is 5.57. The number of hydrogen-bond acceptors (Lipinski definition) is 4. The maximum atomic E-state index is 10.7. The number of halogens is 2. The predicted molar refractivity (Wildman–Crippen MR) is 79.1 cm³/mol. The molecule has 0 saturated carbocycles. The molecule has 0 radical (unpaired) electrons. The smallest absolute Gasteiger partial charge is 0.272 e. The molecule has 21 heavy (non-hydrogen) atoms. The Kier molecular flexibility index (Phi) is 4.32. The van der Waals surface area contributed by atoms with Crippen LogP contribution in [0.5, 0.6) is 11.5 Å². The van der Waals surface area contributed by atoms with Gasteiger partial charge in [0.2, 0.25) is 0 Å². The highest BCUT2D eigenvalue weighted by molar-refractivity contribution is 6.37. The van der Waals surface area contributed by atoms with Crippen LogP contribution < -0.4 is 4.74 Å². The number of hydrogen-bond donors (Lipinski definition) is 0. The summed E-state index contributed by atoms with van der Waals surface area (Å²) in [5.41, 5.74) is 0.964. The van der Waals surface area contributed by atoms with Crippen LogP contribution in [0.25, 0.3) is 0 Å². The van der Waals surface area contributed by atoms with E-state index in [-0.39, 0.29) is 27.2 Å². The first-order valence-corrected chi connectivity index (χ1v) is 6.50. The summed E-state index contributed by atoms with van der Waals surface area (Å²) in [4.78, 5) is 10.1. The first-order chi connectivity index (χ1) is 9.92. The van der Waals surface area contributed by atoms with E-state index in [0.29, 0.717) is 5.56 Å². The van der Waals surface area contributed by atoms with E-state index < -0.39 is 4.92 Å². The molecule has 0 heterocycles. The van der Waals surface area contributed by atoms with Gasteiger partial charge in [-0.05, 0) is 24.6 Å². The van der Waals surface area contributed by atoms with Crippen LogP contribution in [-0.2, 0) is 0 Å². The Hall–Kier alpha value is -2.29. The standard InChI is InChI=1S/C14H8Cl2N2O3/c1-8-2-3-9(7-17)13(4-8)21-14-11(15)5-10(18(19)20)6-12(14)16/h2-6H,1H3. The third-order valence-corrected chi connectivity index (χ3v) is 3.22. The molecule has 0 N–H and O–H groups in total. The summed E-state index contributed by atoms with van der Waals surface area (Å²) in [7, 11) is 0. The largest absolute Gasteiger partial charge is 0.453 e. The van der Waals surface area contributed by atoms with Crippen molar-refractivity contribution in [1.29, 1.82) is 5.26 Å². The lowest BCUT2D eigenvalue weighted by atomic mass is 10.1. The number of nitro benzene ring substituents is 1. The molecule has 0 aliphatic heterocycles. The number of non-ortho nitro benzene ring substituents is 1. The molecule has 0 atom stereocenters. The van der Waals surface area contributed by atoms with Crippen molar-refractivity contribution >= 4 is 28.9 Å². The zero-order valence-corrected chi connectivity index (χ0v) is 12.3. The van der Waals surface area contributed by atoms with Crippen molar-refractivity contribution in [2.75, 3.05) is 0 Å². The summed E-state index contributed by atoms with van der Waals surface area (Å²) in [6.45, 7) is 1.84. The number of rotatable bonds is 3. The number of nitriles is 1. The van der Waals surface area contributed by atoms with Gasteiger partial charge < -0.3 is 4.74 Å². The van der Waals surface area contributed by atoms with E-state index in [1.165, 1.54) is 0 Å². The van der Waals surface area contributed by atoms with Crippen molar-refractivity contribution in [3.05, 3.63) is 61.6 Å². The molecule has 7 heteroatoms. The fourth-order valence-electron chi connectivity index (χ4n) is 1.67. The summed E-state index contributed by atoms with van der Waals surface area (Å²) in [5, 5.41) is 19.8. The molecule has 106 valence electrons. The van der Waals surface area contributed by atoms with E-state index >= 15 is 0 Å².